The molecule has 0 unspecified atom stereocenters. The van der Waals surface area contributed by atoms with Crippen LogP contribution in [0.15, 0.2) is 59.5 Å². The molecule has 3 aromatic rings. The molecule has 2 heterocycles. The van der Waals surface area contributed by atoms with Gasteiger partial charge in [0, 0.05) is 56.4 Å². The summed E-state index contributed by atoms with van der Waals surface area (Å²) in [6, 6.07) is 3.66. The van der Waals surface area contributed by atoms with Crippen molar-refractivity contribution in [1.29, 1.82) is 0 Å². The summed E-state index contributed by atoms with van der Waals surface area (Å²) in [6.45, 7) is 3.39. The lowest BCUT2D eigenvalue weighted by atomic mass is 10.0. The molecule has 3 rings (SSSR count). The maximum absolute atomic E-state index is 14.0. The third kappa shape index (κ3) is 10.7. The number of halogens is 1. The van der Waals surface area contributed by atoms with Crippen LogP contribution in [0.4, 0.5) is 4.39 Å². The van der Waals surface area contributed by atoms with E-state index in [0.717, 1.165) is 6.08 Å². The third-order valence-electron chi connectivity index (χ3n) is 6.68. The van der Waals surface area contributed by atoms with E-state index in [-0.39, 0.29) is 38.0 Å². The van der Waals surface area contributed by atoms with Crippen LogP contribution in [-0.2, 0) is 36.8 Å². The number of nitrogens with zero attached hydrogens (tertiary/aromatic N) is 3. The number of hydrogen-bond donors (Lipinski definition) is 4. The second-order valence-electron chi connectivity index (χ2n) is 10.2. The number of aromatic nitrogens is 3. The minimum Gasteiger partial charge on any atom is -0.463 e. The maximum Gasteiger partial charge on any atom is 0.330 e. The Labute approximate surface area is 258 Å². The number of carbonyl (C=O) groups excluding carboxylic acids is 5. The number of ether oxygens (including phenoxy) is 1. The number of carbonyl (C=O) groups is 5. The zero-order chi connectivity index (χ0) is 32.9. The van der Waals surface area contributed by atoms with Gasteiger partial charge in [-0.05, 0) is 38.0 Å². The highest BCUT2D eigenvalue weighted by atomic mass is 19.1. The predicted octanol–water partition coefficient (Wildman–Crippen LogP) is 1.13. The Morgan fingerprint density at radius 1 is 1.16 bits per heavy atom. The van der Waals surface area contributed by atoms with Gasteiger partial charge in [-0.3, -0.25) is 19.2 Å². The predicted molar refractivity (Wildman–Crippen MR) is 158 cm³/mol. The van der Waals surface area contributed by atoms with Crippen molar-refractivity contribution in [3.05, 3.63) is 83.5 Å². The standard InChI is InChI=1S/C30H36FN7O7/c1-4-44-27(40)12-10-21(9-11-26(32)39)35-29(42)25(14-19-5-7-20(31)8-6-19)38(3)30(43)24(15-22-16-33-17-34-22)36-28(41)23-13-18(2)45-37-23/h5-8,10,12-13,16-17,21,24-25H,4,9,11,14-15H2,1-3H3,(H2,32,39)(H,33,34)(H,35,42)(H,36,41)/b12-10+/t21-,24-,25-/m0/s1. The molecular weight excluding hydrogens is 589 g/mol. The van der Waals surface area contributed by atoms with E-state index in [1.54, 1.807) is 13.8 Å². The normalized spacial score (nSPS) is 13.1. The first kappa shape index (κ1) is 34.2. The Hall–Kier alpha value is -5.34. The van der Waals surface area contributed by atoms with E-state index in [9.17, 15) is 28.4 Å². The molecule has 1 aromatic carbocycles. The van der Waals surface area contributed by atoms with Crippen LogP contribution in [0.5, 0.6) is 0 Å². The Kier molecular flexibility index (Phi) is 12.5. The third-order valence-corrected chi connectivity index (χ3v) is 6.68. The molecule has 45 heavy (non-hydrogen) atoms. The average molecular weight is 626 g/mol. The Bertz CT molecular complexity index is 1490. The van der Waals surface area contributed by atoms with Crippen LogP contribution >= 0.6 is 0 Å². The van der Waals surface area contributed by atoms with Gasteiger partial charge in [0.05, 0.1) is 12.9 Å². The molecule has 0 bridgehead atoms. The Balaban J connectivity index is 1.91. The minimum absolute atomic E-state index is 0.000147. The molecule has 0 radical (unpaired) electrons. The number of esters is 1. The fraction of sp³-hybridized carbons (Fsp3) is 0.367. The number of aromatic amines is 1. The number of nitrogens with two attached hydrogens (primary N) is 1. The lowest BCUT2D eigenvalue weighted by Crippen LogP contribution is -2.56. The van der Waals surface area contributed by atoms with Crippen LogP contribution in [0.3, 0.4) is 0 Å². The van der Waals surface area contributed by atoms with Crippen molar-refractivity contribution in [2.24, 2.45) is 5.73 Å². The summed E-state index contributed by atoms with van der Waals surface area (Å²) < 4.78 is 23.5. The number of likely N-dealkylation sites (N-methyl/N-ethyl adjacent to an activating group) is 1. The zero-order valence-corrected chi connectivity index (χ0v) is 25.1. The van der Waals surface area contributed by atoms with Crippen LogP contribution in [0.1, 0.15) is 47.3 Å². The molecule has 15 heteroatoms. The summed E-state index contributed by atoms with van der Waals surface area (Å²) in [7, 11) is 1.40. The summed E-state index contributed by atoms with van der Waals surface area (Å²) >= 11 is 0. The minimum atomic E-state index is -1.18. The molecule has 0 aliphatic rings. The van der Waals surface area contributed by atoms with Crippen LogP contribution in [0.2, 0.25) is 0 Å². The number of hydrogen-bond acceptors (Lipinski definition) is 9. The average Bonchev–Trinajstić information content (AvgIpc) is 3.69. The monoisotopic (exact) mass is 625 g/mol. The van der Waals surface area contributed by atoms with Crippen molar-refractivity contribution < 1.29 is 37.6 Å². The number of amides is 4. The number of H-pyrrole nitrogens is 1. The summed E-state index contributed by atoms with van der Waals surface area (Å²) in [4.78, 5) is 72.2. The highest BCUT2D eigenvalue weighted by Crippen LogP contribution is 2.14. The van der Waals surface area contributed by atoms with Gasteiger partial charge in [0.2, 0.25) is 17.7 Å². The topological polar surface area (TPSA) is 203 Å². The number of rotatable bonds is 16. The molecular formula is C30H36FN7O7. The van der Waals surface area contributed by atoms with Gasteiger partial charge >= 0.3 is 5.97 Å². The number of imidazole rings is 1. The summed E-state index contributed by atoms with van der Waals surface area (Å²) in [5.74, 6) is -3.29. The van der Waals surface area contributed by atoms with Crippen LogP contribution in [0, 0.1) is 12.7 Å². The van der Waals surface area contributed by atoms with Crippen molar-refractivity contribution in [2.75, 3.05) is 13.7 Å². The molecule has 4 amide bonds. The smallest absolute Gasteiger partial charge is 0.330 e. The first-order valence-corrected chi connectivity index (χ1v) is 14.1. The summed E-state index contributed by atoms with van der Waals surface area (Å²) in [5, 5.41) is 9.11. The van der Waals surface area contributed by atoms with E-state index in [2.05, 4.69) is 25.8 Å². The summed E-state index contributed by atoms with van der Waals surface area (Å²) in [6.07, 6.45) is 5.34. The lowest BCUT2D eigenvalue weighted by Gasteiger charge is -2.32. The number of benzene rings is 1. The van der Waals surface area contributed by atoms with Crippen molar-refractivity contribution in [2.45, 2.75) is 57.7 Å². The zero-order valence-electron chi connectivity index (χ0n) is 25.1. The van der Waals surface area contributed by atoms with Gasteiger partial charge in [0.25, 0.3) is 5.91 Å². The molecule has 0 fully saturated rings. The van der Waals surface area contributed by atoms with Crippen molar-refractivity contribution >= 4 is 29.6 Å². The van der Waals surface area contributed by atoms with Crippen molar-refractivity contribution in [3.8, 4) is 0 Å². The molecule has 14 nitrogen and oxygen atoms in total. The van der Waals surface area contributed by atoms with E-state index in [1.165, 1.54) is 60.9 Å². The first-order chi connectivity index (χ1) is 21.5. The highest BCUT2D eigenvalue weighted by Gasteiger charge is 2.34. The SMILES string of the molecule is CCOC(=O)/C=C/[C@H](CCC(N)=O)NC(=O)[C@H](Cc1ccc(F)cc1)N(C)C(=O)[C@H](Cc1cnc[nH]1)NC(=O)c1cc(C)on1. The van der Waals surface area contributed by atoms with E-state index in [4.69, 9.17) is 15.0 Å². The van der Waals surface area contributed by atoms with Gasteiger partial charge in [-0.1, -0.05) is 23.4 Å². The quantitative estimate of drug-likeness (QED) is 0.133. The van der Waals surface area contributed by atoms with Gasteiger partial charge < -0.3 is 35.5 Å². The van der Waals surface area contributed by atoms with Gasteiger partial charge in [-0.2, -0.15) is 0 Å². The van der Waals surface area contributed by atoms with Gasteiger partial charge in [0.1, 0.15) is 23.7 Å². The van der Waals surface area contributed by atoms with Gasteiger partial charge in [-0.15, -0.1) is 0 Å². The molecule has 240 valence electrons. The summed E-state index contributed by atoms with van der Waals surface area (Å²) in [5.41, 5.74) is 6.34. The number of nitrogens with one attached hydrogen (secondary N) is 3. The number of primary amides is 1. The van der Waals surface area contributed by atoms with Crippen LogP contribution in [-0.4, -0.2) is 81.4 Å². The van der Waals surface area contributed by atoms with Crippen molar-refractivity contribution in [3.63, 3.8) is 0 Å². The molecule has 0 saturated carbocycles. The first-order valence-electron chi connectivity index (χ1n) is 14.1. The highest BCUT2D eigenvalue weighted by molar-refractivity contribution is 5.97. The molecule has 0 spiro atoms. The van der Waals surface area contributed by atoms with E-state index >= 15 is 0 Å². The number of aryl methyl sites for hydroxylation is 1. The second-order valence-corrected chi connectivity index (χ2v) is 10.2. The van der Waals surface area contributed by atoms with E-state index in [1.807, 2.05) is 0 Å². The molecule has 0 saturated heterocycles. The van der Waals surface area contributed by atoms with Crippen LogP contribution < -0.4 is 16.4 Å². The van der Waals surface area contributed by atoms with Crippen LogP contribution in [0.25, 0.3) is 0 Å². The van der Waals surface area contributed by atoms with Gasteiger partial charge in [-0.25, -0.2) is 14.2 Å². The van der Waals surface area contributed by atoms with Gasteiger partial charge in [0.15, 0.2) is 5.69 Å². The fourth-order valence-corrected chi connectivity index (χ4v) is 4.35. The molecule has 3 atom stereocenters. The Morgan fingerprint density at radius 2 is 1.89 bits per heavy atom. The lowest BCUT2D eigenvalue weighted by molar-refractivity contribution is -0.140. The molecule has 5 N–H and O–H groups in total. The largest absolute Gasteiger partial charge is 0.463 e. The van der Waals surface area contributed by atoms with E-state index < -0.39 is 53.5 Å². The van der Waals surface area contributed by atoms with Crippen molar-refractivity contribution in [1.82, 2.24) is 30.7 Å². The second kappa shape index (κ2) is 16.5. The van der Waals surface area contributed by atoms with E-state index in [0.29, 0.717) is 17.0 Å². The molecule has 0 aliphatic heterocycles. The Morgan fingerprint density at radius 3 is 2.49 bits per heavy atom. The molecule has 2 aromatic heterocycles. The molecule has 0 aliphatic carbocycles. The maximum atomic E-state index is 14.0. The fourth-order valence-electron chi connectivity index (χ4n) is 4.35.